The Kier molecular flexibility index (Phi) is 13.2. The summed E-state index contributed by atoms with van der Waals surface area (Å²) in [7, 11) is 0. The Morgan fingerprint density at radius 3 is 2.29 bits per heavy atom. The van der Waals surface area contributed by atoms with E-state index in [1.54, 1.807) is 24.3 Å². The lowest BCUT2D eigenvalue weighted by Crippen LogP contribution is -2.47. The summed E-state index contributed by atoms with van der Waals surface area (Å²) in [5, 5.41) is 3.38. The minimum Gasteiger partial charge on any atom is -0.440 e. The maximum absolute atomic E-state index is 13.0. The Morgan fingerprint density at radius 2 is 1.62 bits per heavy atom. The summed E-state index contributed by atoms with van der Waals surface area (Å²) in [6.45, 7) is 10.2. The fraction of sp³-hybridized carbons (Fsp3) is 0.781. The van der Waals surface area contributed by atoms with Gasteiger partial charge in [-0.25, -0.2) is 4.79 Å². The SMILES string of the molecule is CCCCCCCCCCCCOCC12OC(CN3CCOCC3)C(OC(=O)Nc3ccc(Cl)cc3)C1OC(C)(C)O2. The number of halogens is 1. The molecule has 4 rings (SSSR count). The van der Waals surface area contributed by atoms with Crippen LogP contribution in [-0.2, 0) is 28.4 Å². The highest BCUT2D eigenvalue weighted by Gasteiger charge is 2.66. The maximum atomic E-state index is 13.0. The molecule has 4 atom stereocenters. The molecule has 0 bridgehead atoms. The fourth-order valence-electron chi connectivity index (χ4n) is 5.99. The number of hydrogen-bond acceptors (Lipinski definition) is 8. The van der Waals surface area contributed by atoms with Gasteiger partial charge >= 0.3 is 6.09 Å². The van der Waals surface area contributed by atoms with E-state index in [0.717, 1.165) is 25.9 Å². The predicted octanol–water partition coefficient (Wildman–Crippen LogP) is 6.77. The Bertz CT molecular complexity index is 943. The summed E-state index contributed by atoms with van der Waals surface area (Å²) in [6, 6.07) is 6.88. The van der Waals surface area contributed by atoms with Crippen molar-refractivity contribution >= 4 is 23.4 Å². The first-order valence-corrected chi connectivity index (χ1v) is 16.3. The molecule has 42 heavy (non-hydrogen) atoms. The molecule has 1 aromatic rings. The third-order valence-corrected chi connectivity index (χ3v) is 8.35. The molecule has 3 heterocycles. The van der Waals surface area contributed by atoms with Crippen molar-refractivity contribution in [2.45, 2.75) is 115 Å². The number of carbonyl (C=O) groups is 1. The van der Waals surface area contributed by atoms with Crippen molar-refractivity contribution < 1.29 is 33.2 Å². The van der Waals surface area contributed by atoms with Crippen molar-refractivity contribution in [1.29, 1.82) is 0 Å². The smallest absolute Gasteiger partial charge is 0.412 e. The van der Waals surface area contributed by atoms with Crippen LogP contribution in [0.2, 0.25) is 5.02 Å². The first kappa shape index (κ1) is 33.4. The van der Waals surface area contributed by atoms with Crippen LogP contribution >= 0.6 is 11.6 Å². The third-order valence-electron chi connectivity index (χ3n) is 8.10. The van der Waals surface area contributed by atoms with Gasteiger partial charge in [-0.1, -0.05) is 76.3 Å². The number of fused-ring (bicyclic) bond motifs is 1. The summed E-state index contributed by atoms with van der Waals surface area (Å²) in [5.74, 6) is -2.08. The number of carbonyl (C=O) groups excluding carboxylic acids is 1. The molecule has 0 spiro atoms. The van der Waals surface area contributed by atoms with Gasteiger partial charge in [-0.15, -0.1) is 0 Å². The van der Waals surface area contributed by atoms with Gasteiger partial charge in [-0.05, 0) is 44.5 Å². The second kappa shape index (κ2) is 16.6. The van der Waals surface area contributed by atoms with Crippen LogP contribution in [0.4, 0.5) is 10.5 Å². The monoisotopic (exact) mass is 610 g/mol. The number of rotatable bonds is 17. The summed E-state index contributed by atoms with van der Waals surface area (Å²) in [6.07, 6.45) is 10.3. The van der Waals surface area contributed by atoms with Crippen LogP contribution < -0.4 is 5.32 Å². The van der Waals surface area contributed by atoms with Crippen molar-refractivity contribution in [1.82, 2.24) is 4.90 Å². The molecule has 0 aliphatic carbocycles. The number of nitrogens with one attached hydrogen (secondary N) is 1. The third kappa shape index (κ3) is 10.0. The van der Waals surface area contributed by atoms with E-state index >= 15 is 0 Å². The highest BCUT2D eigenvalue weighted by Crippen LogP contribution is 2.47. The minimum atomic E-state index is -1.16. The largest absolute Gasteiger partial charge is 0.440 e. The molecule has 0 radical (unpaired) electrons. The number of unbranched alkanes of at least 4 members (excludes halogenated alkanes) is 9. The van der Waals surface area contributed by atoms with Gasteiger partial charge in [-0.2, -0.15) is 0 Å². The van der Waals surface area contributed by atoms with Crippen molar-refractivity contribution in [3.8, 4) is 0 Å². The molecule has 1 aromatic carbocycles. The van der Waals surface area contributed by atoms with Gasteiger partial charge in [0.05, 0.1) is 13.2 Å². The average molecular weight is 611 g/mol. The number of anilines is 1. The lowest BCUT2D eigenvalue weighted by atomic mass is 10.0. The normalized spacial score (nSPS) is 27.2. The van der Waals surface area contributed by atoms with E-state index in [1.165, 1.54) is 51.4 Å². The van der Waals surface area contributed by atoms with Crippen molar-refractivity contribution in [3.05, 3.63) is 29.3 Å². The minimum absolute atomic E-state index is 0.205. The van der Waals surface area contributed by atoms with Gasteiger partial charge in [0.1, 0.15) is 12.7 Å². The fourth-order valence-corrected chi connectivity index (χ4v) is 6.12. The average Bonchev–Trinajstić information content (AvgIpc) is 3.37. The molecule has 0 saturated carbocycles. The van der Waals surface area contributed by atoms with E-state index in [1.807, 2.05) is 13.8 Å². The molecule has 3 aliphatic heterocycles. The zero-order chi connectivity index (χ0) is 29.8. The van der Waals surface area contributed by atoms with Crippen LogP contribution in [0, 0.1) is 0 Å². The van der Waals surface area contributed by atoms with Crippen LogP contribution in [-0.4, -0.2) is 86.9 Å². The molecule has 3 fully saturated rings. The number of benzene rings is 1. The summed E-state index contributed by atoms with van der Waals surface area (Å²) >= 11 is 5.99. The van der Waals surface area contributed by atoms with Gasteiger partial charge in [0.15, 0.2) is 18.0 Å². The molecule has 4 unspecified atom stereocenters. The zero-order valence-corrected chi connectivity index (χ0v) is 26.5. The number of amides is 1. The lowest BCUT2D eigenvalue weighted by molar-refractivity contribution is -0.279. The van der Waals surface area contributed by atoms with Crippen LogP contribution in [0.25, 0.3) is 0 Å². The molecule has 238 valence electrons. The van der Waals surface area contributed by atoms with Crippen LogP contribution in [0.5, 0.6) is 0 Å². The highest BCUT2D eigenvalue weighted by molar-refractivity contribution is 6.30. The van der Waals surface area contributed by atoms with Gasteiger partial charge in [0.2, 0.25) is 5.79 Å². The Hall–Kier alpha value is -1.46. The van der Waals surface area contributed by atoms with Crippen LogP contribution in [0.1, 0.15) is 85.0 Å². The predicted molar refractivity (Wildman–Crippen MR) is 163 cm³/mol. The van der Waals surface area contributed by atoms with E-state index in [2.05, 4.69) is 17.1 Å². The van der Waals surface area contributed by atoms with Crippen molar-refractivity contribution in [2.75, 3.05) is 51.4 Å². The van der Waals surface area contributed by atoms with E-state index in [4.69, 9.17) is 40.0 Å². The van der Waals surface area contributed by atoms with E-state index < -0.39 is 36.0 Å². The second-order valence-electron chi connectivity index (χ2n) is 12.2. The number of ether oxygens (including phenoxy) is 6. The van der Waals surface area contributed by atoms with E-state index in [9.17, 15) is 4.79 Å². The van der Waals surface area contributed by atoms with Crippen LogP contribution in [0.15, 0.2) is 24.3 Å². The Labute approximate surface area is 256 Å². The van der Waals surface area contributed by atoms with Crippen molar-refractivity contribution in [3.63, 3.8) is 0 Å². The van der Waals surface area contributed by atoms with E-state index in [-0.39, 0.29) is 6.61 Å². The Morgan fingerprint density at radius 1 is 0.976 bits per heavy atom. The van der Waals surface area contributed by atoms with Gasteiger partial charge < -0.3 is 28.4 Å². The number of morpholine rings is 1. The standard InChI is InChI=1S/C32H51ClN2O7/c1-4-5-6-7-8-9-10-11-12-13-20-38-24-32-29(41-31(2,3)42-32)28(27(40-32)23-35-18-21-37-22-19-35)39-30(36)34-26-16-14-25(33)15-17-26/h14-17,27-29H,4-13,18-24H2,1-3H3,(H,34,36). The number of hydrogen-bond donors (Lipinski definition) is 1. The molecule has 3 saturated heterocycles. The van der Waals surface area contributed by atoms with Gasteiger partial charge in [-0.3, -0.25) is 10.2 Å². The topological polar surface area (TPSA) is 87.7 Å². The first-order valence-electron chi connectivity index (χ1n) is 16.0. The molecule has 10 heteroatoms. The summed E-state index contributed by atoms with van der Waals surface area (Å²) < 4.78 is 37.0. The van der Waals surface area contributed by atoms with Crippen molar-refractivity contribution in [2.24, 2.45) is 0 Å². The number of nitrogens with zero attached hydrogens (tertiary/aromatic N) is 1. The van der Waals surface area contributed by atoms with Crippen LogP contribution in [0.3, 0.4) is 0 Å². The second-order valence-corrected chi connectivity index (χ2v) is 12.6. The molecular formula is C32H51ClN2O7. The summed E-state index contributed by atoms with van der Waals surface area (Å²) in [4.78, 5) is 15.3. The zero-order valence-electron chi connectivity index (χ0n) is 25.7. The quantitative estimate of drug-likeness (QED) is 0.193. The first-order chi connectivity index (χ1) is 20.3. The summed E-state index contributed by atoms with van der Waals surface area (Å²) in [5.41, 5.74) is 0.586. The molecular weight excluding hydrogens is 560 g/mol. The molecule has 0 aromatic heterocycles. The molecule has 3 aliphatic rings. The molecule has 1 N–H and O–H groups in total. The van der Waals surface area contributed by atoms with Gasteiger partial charge in [0, 0.05) is 37.0 Å². The highest BCUT2D eigenvalue weighted by atomic mass is 35.5. The molecule has 9 nitrogen and oxygen atoms in total. The van der Waals surface area contributed by atoms with E-state index in [0.29, 0.717) is 37.1 Å². The maximum Gasteiger partial charge on any atom is 0.412 e. The van der Waals surface area contributed by atoms with Gasteiger partial charge in [0.25, 0.3) is 0 Å². The lowest BCUT2D eigenvalue weighted by Gasteiger charge is -2.33. The Balaban J connectivity index is 1.32. The molecule has 1 amide bonds.